The quantitative estimate of drug-likeness (QED) is 0.868. The normalized spacial score (nSPS) is 17.8. The highest BCUT2D eigenvalue weighted by Gasteiger charge is 2.18. The maximum atomic E-state index is 12.0. The number of nitriles is 1. The van der Waals surface area contributed by atoms with Crippen molar-refractivity contribution in [3.63, 3.8) is 0 Å². The summed E-state index contributed by atoms with van der Waals surface area (Å²) in [7, 11) is 1.79. The highest BCUT2D eigenvalue weighted by Crippen LogP contribution is 2.11. The van der Waals surface area contributed by atoms with Gasteiger partial charge in [0.05, 0.1) is 11.6 Å². The molecule has 2 amide bonds. The minimum absolute atomic E-state index is 0.126. The van der Waals surface area contributed by atoms with E-state index >= 15 is 0 Å². The summed E-state index contributed by atoms with van der Waals surface area (Å²) in [5.41, 5.74) is 1.29. The highest BCUT2D eigenvalue weighted by atomic mass is 16.2. The lowest BCUT2D eigenvalue weighted by molar-refractivity contribution is 0.218. The Balaban J connectivity index is 1.86. The van der Waals surface area contributed by atoms with Gasteiger partial charge in [-0.15, -0.1) is 0 Å². The van der Waals surface area contributed by atoms with E-state index in [4.69, 9.17) is 5.26 Å². The Bertz CT molecular complexity index is 471. The van der Waals surface area contributed by atoms with Crippen LogP contribution in [0, 0.1) is 11.3 Å². The molecule has 0 aromatic heterocycles. The van der Waals surface area contributed by atoms with E-state index in [9.17, 15) is 4.79 Å². The lowest BCUT2D eigenvalue weighted by Crippen LogP contribution is -2.40. The summed E-state index contributed by atoms with van der Waals surface area (Å²) in [5, 5.41) is 14.9. The Kier molecular flexibility index (Phi) is 4.37. The molecule has 1 unspecified atom stereocenters. The van der Waals surface area contributed by atoms with Gasteiger partial charge < -0.3 is 15.5 Å². The van der Waals surface area contributed by atoms with E-state index in [-0.39, 0.29) is 6.03 Å². The van der Waals surface area contributed by atoms with Crippen LogP contribution in [0.25, 0.3) is 0 Å². The fourth-order valence-corrected chi connectivity index (χ4v) is 2.17. The van der Waals surface area contributed by atoms with Gasteiger partial charge in [0.1, 0.15) is 0 Å². The molecule has 1 aromatic carbocycles. The van der Waals surface area contributed by atoms with Gasteiger partial charge in [0.2, 0.25) is 0 Å². The predicted molar refractivity (Wildman–Crippen MR) is 73.8 cm³/mol. The van der Waals surface area contributed by atoms with Gasteiger partial charge in [-0.05, 0) is 43.7 Å². The first-order valence-electron chi connectivity index (χ1n) is 6.44. The van der Waals surface area contributed by atoms with Crippen molar-refractivity contribution in [2.75, 3.05) is 25.5 Å². The van der Waals surface area contributed by atoms with Crippen LogP contribution in [-0.4, -0.2) is 37.1 Å². The van der Waals surface area contributed by atoms with Crippen LogP contribution < -0.4 is 10.6 Å². The van der Waals surface area contributed by atoms with Gasteiger partial charge in [-0.1, -0.05) is 0 Å². The lowest BCUT2D eigenvalue weighted by Gasteiger charge is -2.21. The zero-order valence-corrected chi connectivity index (χ0v) is 11.0. The number of urea groups is 1. The molecule has 1 aliphatic heterocycles. The third kappa shape index (κ3) is 3.70. The summed E-state index contributed by atoms with van der Waals surface area (Å²) in [5.74, 6) is 0. The van der Waals surface area contributed by atoms with Crippen LogP contribution in [0.1, 0.15) is 18.4 Å². The monoisotopic (exact) mass is 258 g/mol. The number of carbonyl (C=O) groups is 1. The van der Waals surface area contributed by atoms with Gasteiger partial charge in [0.15, 0.2) is 0 Å². The minimum atomic E-state index is -0.126. The standard InChI is InChI=1S/C14H18N4O/c1-18(10-13-3-2-8-16-13)14(19)17-12-6-4-11(9-15)5-7-12/h4-7,13,16H,2-3,8,10H2,1H3,(H,17,19). The molecule has 0 saturated carbocycles. The van der Waals surface area contributed by atoms with Crippen molar-refractivity contribution in [3.05, 3.63) is 29.8 Å². The number of likely N-dealkylation sites (N-methyl/N-ethyl adjacent to an activating group) is 1. The van der Waals surface area contributed by atoms with Crippen LogP contribution in [0.2, 0.25) is 0 Å². The van der Waals surface area contributed by atoms with Gasteiger partial charge in [-0.2, -0.15) is 5.26 Å². The number of hydrogen-bond acceptors (Lipinski definition) is 3. The maximum absolute atomic E-state index is 12.0. The molecule has 2 N–H and O–H groups in total. The molecule has 5 nitrogen and oxygen atoms in total. The first kappa shape index (κ1) is 13.4. The van der Waals surface area contributed by atoms with Crippen LogP contribution in [0.5, 0.6) is 0 Å². The average molecular weight is 258 g/mol. The van der Waals surface area contributed by atoms with Crippen LogP contribution >= 0.6 is 0 Å². The summed E-state index contributed by atoms with van der Waals surface area (Å²) in [6.07, 6.45) is 2.30. The van der Waals surface area contributed by atoms with E-state index in [0.29, 0.717) is 23.8 Å². The number of amides is 2. The Morgan fingerprint density at radius 2 is 2.26 bits per heavy atom. The fourth-order valence-electron chi connectivity index (χ4n) is 2.17. The highest BCUT2D eigenvalue weighted by molar-refractivity contribution is 5.89. The van der Waals surface area contributed by atoms with Gasteiger partial charge in [0, 0.05) is 25.3 Å². The van der Waals surface area contributed by atoms with Crippen LogP contribution in [-0.2, 0) is 0 Å². The Morgan fingerprint density at radius 1 is 1.53 bits per heavy atom. The first-order valence-corrected chi connectivity index (χ1v) is 6.44. The smallest absolute Gasteiger partial charge is 0.321 e. The molecule has 1 heterocycles. The molecule has 100 valence electrons. The van der Waals surface area contributed by atoms with Gasteiger partial charge >= 0.3 is 6.03 Å². The number of nitrogens with zero attached hydrogens (tertiary/aromatic N) is 2. The third-order valence-electron chi connectivity index (χ3n) is 3.27. The molecule has 1 aliphatic rings. The summed E-state index contributed by atoms with van der Waals surface area (Å²) >= 11 is 0. The molecule has 0 bridgehead atoms. The van der Waals surface area contributed by atoms with Crippen molar-refractivity contribution in [2.45, 2.75) is 18.9 Å². The predicted octanol–water partition coefficient (Wildman–Crippen LogP) is 1.77. The third-order valence-corrected chi connectivity index (χ3v) is 3.27. The molecule has 1 saturated heterocycles. The second-order valence-corrected chi connectivity index (χ2v) is 4.79. The molecule has 1 atom stereocenters. The molecule has 1 fully saturated rings. The molecule has 0 radical (unpaired) electrons. The van der Waals surface area contributed by atoms with E-state index in [1.54, 1.807) is 36.2 Å². The second-order valence-electron chi connectivity index (χ2n) is 4.79. The van der Waals surface area contributed by atoms with E-state index in [0.717, 1.165) is 13.0 Å². The SMILES string of the molecule is CN(CC1CCCN1)C(=O)Nc1ccc(C#N)cc1. The number of anilines is 1. The number of carbonyl (C=O) groups excluding carboxylic acids is 1. The number of hydrogen-bond donors (Lipinski definition) is 2. The second kappa shape index (κ2) is 6.21. The van der Waals surface area contributed by atoms with Gasteiger partial charge in [0.25, 0.3) is 0 Å². The molecular formula is C14H18N4O. The van der Waals surface area contributed by atoms with Crippen molar-refractivity contribution < 1.29 is 4.79 Å². The number of benzene rings is 1. The van der Waals surface area contributed by atoms with Crippen molar-refractivity contribution in [1.29, 1.82) is 5.26 Å². The number of rotatable bonds is 3. The van der Waals surface area contributed by atoms with Gasteiger partial charge in [-0.25, -0.2) is 4.79 Å². The van der Waals surface area contributed by atoms with Crippen LogP contribution in [0.3, 0.4) is 0 Å². The maximum Gasteiger partial charge on any atom is 0.321 e. The Hall–Kier alpha value is -2.06. The molecule has 1 aromatic rings. The van der Waals surface area contributed by atoms with Crippen molar-refractivity contribution in [1.82, 2.24) is 10.2 Å². The molecule has 2 rings (SSSR count). The summed E-state index contributed by atoms with van der Waals surface area (Å²) in [6, 6.07) is 9.17. The Morgan fingerprint density at radius 3 is 2.84 bits per heavy atom. The average Bonchev–Trinajstić information content (AvgIpc) is 2.92. The molecular weight excluding hydrogens is 240 g/mol. The molecule has 19 heavy (non-hydrogen) atoms. The first-order chi connectivity index (χ1) is 9.19. The van der Waals surface area contributed by atoms with Gasteiger partial charge in [-0.3, -0.25) is 0 Å². The summed E-state index contributed by atoms with van der Waals surface area (Å²) in [6.45, 7) is 1.75. The van der Waals surface area contributed by atoms with E-state index in [1.165, 1.54) is 6.42 Å². The molecule has 5 heteroatoms. The molecule has 0 aliphatic carbocycles. The van der Waals surface area contributed by atoms with Crippen LogP contribution in [0.15, 0.2) is 24.3 Å². The van der Waals surface area contributed by atoms with Crippen molar-refractivity contribution >= 4 is 11.7 Å². The van der Waals surface area contributed by atoms with E-state index in [2.05, 4.69) is 10.6 Å². The minimum Gasteiger partial charge on any atom is -0.326 e. The zero-order chi connectivity index (χ0) is 13.7. The molecule has 0 spiro atoms. The summed E-state index contributed by atoms with van der Waals surface area (Å²) < 4.78 is 0. The summed E-state index contributed by atoms with van der Waals surface area (Å²) in [4.78, 5) is 13.7. The van der Waals surface area contributed by atoms with E-state index < -0.39 is 0 Å². The Labute approximate surface area is 113 Å². The van der Waals surface area contributed by atoms with E-state index in [1.807, 2.05) is 6.07 Å². The number of nitrogens with one attached hydrogen (secondary N) is 2. The van der Waals surface area contributed by atoms with Crippen LogP contribution in [0.4, 0.5) is 10.5 Å². The fraction of sp³-hybridized carbons (Fsp3) is 0.429. The lowest BCUT2D eigenvalue weighted by atomic mass is 10.2. The van der Waals surface area contributed by atoms with Crippen molar-refractivity contribution in [3.8, 4) is 6.07 Å². The zero-order valence-electron chi connectivity index (χ0n) is 11.0. The topological polar surface area (TPSA) is 68.2 Å². The largest absolute Gasteiger partial charge is 0.326 e. The van der Waals surface area contributed by atoms with Crippen molar-refractivity contribution in [2.24, 2.45) is 0 Å².